The van der Waals surface area contributed by atoms with E-state index in [-0.39, 0.29) is 0 Å². The first-order valence-corrected chi connectivity index (χ1v) is 8.44. The molecule has 2 aromatic heterocycles. The Hall–Kier alpha value is -2.86. The third-order valence-corrected chi connectivity index (χ3v) is 4.74. The van der Waals surface area contributed by atoms with E-state index < -0.39 is 0 Å². The van der Waals surface area contributed by atoms with E-state index >= 15 is 0 Å². The maximum absolute atomic E-state index is 6.30. The summed E-state index contributed by atoms with van der Waals surface area (Å²) in [5.74, 6) is 0.778. The maximum Gasteiger partial charge on any atom is 0.178 e. The Morgan fingerprint density at radius 1 is 1.20 bits per heavy atom. The molecule has 0 aliphatic heterocycles. The van der Waals surface area contributed by atoms with Crippen molar-refractivity contribution in [1.82, 2.24) is 14.7 Å². The Kier molecular flexibility index (Phi) is 3.69. The van der Waals surface area contributed by atoms with Gasteiger partial charge in [0.2, 0.25) is 0 Å². The smallest absolute Gasteiger partial charge is 0.178 e. The number of H-pyrrole nitrogens is 1. The summed E-state index contributed by atoms with van der Waals surface area (Å²) in [5.41, 5.74) is 12.8. The van der Waals surface area contributed by atoms with Crippen LogP contribution in [0.2, 0.25) is 0 Å². The molecule has 2 heterocycles. The molecule has 0 saturated carbocycles. The van der Waals surface area contributed by atoms with Crippen LogP contribution in [-0.2, 0) is 6.54 Å². The number of aromatic nitrogens is 3. The van der Waals surface area contributed by atoms with Crippen molar-refractivity contribution >= 4 is 28.9 Å². The summed E-state index contributed by atoms with van der Waals surface area (Å²) in [7, 11) is 0. The second-order valence-corrected chi connectivity index (χ2v) is 6.55. The van der Waals surface area contributed by atoms with Crippen LogP contribution in [0.5, 0.6) is 0 Å². The van der Waals surface area contributed by atoms with Crippen LogP contribution < -0.4 is 5.73 Å². The first-order valence-electron chi connectivity index (χ1n) is 8.04. The quantitative estimate of drug-likeness (QED) is 0.418. The molecule has 0 atom stereocenters. The van der Waals surface area contributed by atoms with Crippen molar-refractivity contribution in [3.8, 4) is 11.1 Å². The number of hydrogen-bond acceptors (Lipinski definition) is 4. The van der Waals surface area contributed by atoms with Crippen LogP contribution in [0.25, 0.3) is 22.2 Å². The molecule has 0 saturated heterocycles. The van der Waals surface area contributed by atoms with Crippen LogP contribution in [0.1, 0.15) is 17.0 Å². The van der Waals surface area contributed by atoms with Gasteiger partial charge in [-0.05, 0) is 49.3 Å². The first-order chi connectivity index (χ1) is 12.0. The number of nitrogens with two attached hydrogens (primary N) is 1. The highest BCUT2D eigenvalue weighted by atomic mass is 32.1. The van der Waals surface area contributed by atoms with Gasteiger partial charge in [-0.3, -0.25) is 0 Å². The van der Waals surface area contributed by atoms with Crippen molar-refractivity contribution < 1.29 is 4.52 Å². The zero-order chi connectivity index (χ0) is 17.6. The fraction of sp³-hybridized carbons (Fsp3) is 0.158. The average molecular weight is 350 g/mol. The van der Waals surface area contributed by atoms with Gasteiger partial charge in [0.15, 0.2) is 4.77 Å². The third-order valence-electron chi connectivity index (χ3n) is 4.42. The lowest BCUT2D eigenvalue weighted by atomic mass is 10.0. The minimum Gasteiger partial charge on any atom is -0.397 e. The van der Waals surface area contributed by atoms with Gasteiger partial charge in [0.25, 0.3) is 0 Å². The number of hydrogen-bond donors (Lipinski definition) is 2. The predicted octanol–water partition coefficient (Wildman–Crippen LogP) is 4.60. The zero-order valence-electron chi connectivity index (χ0n) is 14.0. The molecule has 0 bridgehead atoms. The Morgan fingerprint density at radius 3 is 2.64 bits per heavy atom. The highest BCUT2D eigenvalue weighted by Gasteiger charge is 2.16. The molecule has 0 fully saturated rings. The molecule has 0 radical (unpaired) electrons. The predicted molar refractivity (Wildman–Crippen MR) is 102 cm³/mol. The van der Waals surface area contributed by atoms with Gasteiger partial charge in [-0.25, -0.2) is 0 Å². The number of imidazole rings is 1. The highest BCUT2D eigenvalue weighted by molar-refractivity contribution is 7.71. The molecule has 0 unspecified atom stereocenters. The van der Waals surface area contributed by atoms with E-state index in [2.05, 4.69) is 32.9 Å². The van der Waals surface area contributed by atoms with Crippen molar-refractivity contribution in [2.24, 2.45) is 0 Å². The number of aryl methyl sites for hydroxylation is 2. The molecule has 0 amide bonds. The summed E-state index contributed by atoms with van der Waals surface area (Å²) in [6.07, 6.45) is 0. The molecule has 0 aliphatic rings. The van der Waals surface area contributed by atoms with Gasteiger partial charge in [-0.15, -0.1) is 0 Å². The van der Waals surface area contributed by atoms with Gasteiger partial charge in [0.1, 0.15) is 5.76 Å². The fourth-order valence-corrected chi connectivity index (χ4v) is 3.51. The standard InChI is InChI=1S/C19H18N4OS/c1-11-17(12(2)24-22-11)14-8-15(20)18-16(9-14)23(19(25)21-18)10-13-6-4-3-5-7-13/h3-9H,10,20H2,1-2H3,(H,21,25). The summed E-state index contributed by atoms with van der Waals surface area (Å²) in [4.78, 5) is 3.23. The van der Waals surface area contributed by atoms with E-state index in [9.17, 15) is 0 Å². The van der Waals surface area contributed by atoms with Crippen LogP contribution in [-0.4, -0.2) is 14.7 Å². The van der Waals surface area contributed by atoms with Crippen LogP contribution >= 0.6 is 12.2 Å². The molecule has 0 aliphatic carbocycles. The van der Waals surface area contributed by atoms with E-state index in [1.165, 1.54) is 5.56 Å². The maximum atomic E-state index is 6.30. The van der Waals surface area contributed by atoms with Crippen LogP contribution in [0.15, 0.2) is 47.0 Å². The number of benzene rings is 2. The topological polar surface area (TPSA) is 72.8 Å². The molecule has 6 heteroatoms. The van der Waals surface area contributed by atoms with Crippen LogP contribution in [0, 0.1) is 18.6 Å². The Labute approximate surface area is 150 Å². The molecule has 4 aromatic rings. The Bertz CT molecular complexity index is 1100. The number of nitrogens with zero attached hydrogens (tertiary/aromatic N) is 2. The second kappa shape index (κ2) is 5.89. The lowest BCUT2D eigenvalue weighted by molar-refractivity contribution is 0.393. The minimum atomic E-state index is 0.654. The van der Waals surface area contributed by atoms with Gasteiger partial charge in [-0.2, -0.15) is 0 Å². The normalized spacial score (nSPS) is 11.3. The molecular weight excluding hydrogens is 332 g/mol. The molecule has 126 valence electrons. The van der Waals surface area contributed by atoms with Crippen molar-refractivity contribution in [3.63, 3.8) is 0 Å². The van der Waals surface area contributed by atoms with Crippen molar-refractivity contribution in [2.75, 3.05) is 5.73 Å². The lowest BCUT2D eigenvalue weighted by Gasteiger charge is -2.08. The van der Waals surface area contributed by atoms with E-state index in [1.54, 1.807) is 0 Å². The van der Waals surface area contributed by atoms with E-state index in [1.807, 2.05) is 38.1 Å². The van der Waals surface area contributed by atoms with Crippen molar-refractivity contribution in [2.45, 2.75) is 20.4 Å². The Balaban J connectivity index is 1.93. The van der Waals surface area contributed by atoms with Crippen molar-refractivity contribution in [1.29, 1.82) is 0 Å². The number of nitrogens with one attached hydrogen (secondary N) is 1. The third kappa shape index (κ3) is 2.64. The SMILES string of the molecule is Cc1noc(C)c1-c1cc(N)c2[nH]c(=S)n(Cc3ccccc3)c2c1. The van der Waals surface area contributed by atoms with E-state index in [4.69, 9.17) is 22.5 Å². The van der Waals surface area contributed by atoms with Crippen LogP contribution in [0.3, 0.4) is 0 Å². The van der Waals surface area contributed by atoms with Gasteiger partial charge >= 0.3 is 0 Å². The fourth-order valence-electron chi connectivity index (χ4n) is 3.24. The second-order valence-electron chi connectivity index (χ2n) is 6.16. The van der Waals surface area contributed by atoms with E-state index in [0.29, 0.717) is 17.0 Å². The molecular formula is C19H18N4OS. The zero-order valence-corrected chi connectivity index (χ0v) is 14.9. The van der Waals surface area contributed by atoms with Crippen LogP contribution in [0.4, 0.5) is 5.69 Å². The summed E-state index contributed by atoms with van der Waals surface area (Å²) < 4.78 is 8.03. The number of fused-ring (bicyclic) bond motifs is 1. The number of nitrogen functional groups attached to an aromatic ring is 1. The van der Waals surface area contributed by atoms with Gasteiger partial charge < -0.3 is 19.8 Å². The molecule has 2 aromatic carbocycles. The molecule has 0 spiro atoms. The molecule has 5 nitrogen and oxygen atoms in total. The van der Waals surface area contributed by atoms with Crippen molar-refractivity contribution in [3.05, 3.63) is 64.3 Å². The highest BCUT2D eigenvalue weighted by Crippen LogP contribution is 2.33. The molecule has 25 heavy (non-hydrogen) atoms. The van der Waals surface area contributed by atoms with E-state index in [0.717, 1.165) is 33.6 Å². The monoisotopic (exact) mass is 350 g/mol. The lowest BCUT2D eigenvalue weighted by Crippen LogP contribution is -2.00. The Morgan fingerprint density at radius 2 is 1.96 bits per heavy atom. The summed E-state index contributed by atoms with van der Waals surface area (Å²) in [6, 6.07) is 14.3. The largest absolute Gasteiger partial charge is 0.397 e. The van der Waals surface area contributed by atoms with Gasteiger partial charge in [-0.1, -0.05) is 35.5 Å². The minimum absolute atomic E-state index is 0.654. The number of anilines is 1. The van der Waals surface area contributed by atoms with Gasteiger partial charge in [0.05, 0.1) is 29.0 Å². The summed E-state index contributed by atoms with van der Waals surface area (Å²) >= 11 is 5.53. The summed E-state index contributed by atoms with van der Waals surface area (Å²) in [5, 5.41) is 4.05. The number of rotatable bonds is 3. The first kappa shape index (κ1) is 15.7. The van der Waals surface area contributed by atoms with Gasteiger partial charge in [0, 0.05) is 5.56 Å². The average Bonchev–Trinajstić information content (AvgIpc) is 3.09. The molecule has 4 rings (SSSR count). The number of aromatic amines is 1. The summed E-state index contributed by atoms with van der Waals surface area (Å²) in [6.45, 7) is 4.52. The molecule has 3 N–H and O–H groups in total.